The molecule has 2 heterocycles. The van der Waals surface area contributed by atoms with E-state index in [-0.39, 0.29) is 12.1 Å². The van der Waals surface area contributed by atoms with Crippen molar-refractivity contribution in [2.24, 2.45) is 4.40 Å². The fourth-order valence-electron chi connectivity index (χ4n) is 2.89. The highest BCUT2D eigenvalue weighted by molar-refractivity contribution is 7.91. The van der Waals surface area contributed by atoms with Crippen LogP contribution in [-0.2, 0) is 14.9 Å². The molecule has 0 bridgehead atoms. The Morgan fingerprint density at radius 1 is 1.26 bits per heavy atom. The zero-order valence-electron chi connectivity index (χ0n) is 12.8. The SMILES string of the molecule is COc1cc2c(cc1O[C@H]1CCOC1)C=NS(=O)(=O)N2C1CC1. The second-order valence-corrected chi connectivity index (χ2v) is 7.40. The lowest BCUT2D eigenvalue weighted by molar-refractivity contribution is 0.138. The van der Waals surface area contributed by atoms with Crippen LogP contribution in [0.2, 0.25) is 0 Å². The fourth-order valence-corrected chi connectivity index (χ4v) is 4.23. The summed E-state index contributed by atoms with van der Waals surface area (Å²) in [5.41, 5.74) is 1.33. The lowest BCUT2D eigenvalue weighted by atomic mass is 10.1. The van der Waals surface area contributed by atoms with E-state index in [1.165, 1.54) is 10.5 Å². The number of ether oxygens (including phenoxy) is 3. The Bertz CT molecular complexity index is 751. The Labute approximate surface area is 135 Å². The molecule has 3 aliphatic rings. The van der Waals surface area contributed by atoms with Gasteiger partial charge in [0.05, 0.1) is 32.2 Å². The van der Waals surface area contributed by atoms with Gasteiger partial charge in [-0.05, 0) is 18.9 Å². The molecule has 0 spiro atoms. The first kappa shape index (κ1) is 14.8. The Kier molecular flexibility index (Phi) is 3.46. The highest BCUT2D eigenvalue weighted by Gasteiger charge is 2.40. The van der Waals surface area contributed by atoms with Crippen LogP contribution in [0.5, 0.6) is 11.5 Å². The van der Waals surface area contributed by atoms with Crippen LogP contribution in [0.1, 0.15) is 24.8 Å². The van der Waals surface area contributed by atoms with Gasteiger partial charge in [0.2, 0.25) is 0 Å². The molecule has 1 saturated heterocycles. The largest absolute Gasteiger partial charge is 0.493 e. The summed E-state index contributed by atoms with van der Waals surface area (Å²) in [6, 6.07) is 3.51. The molecule has 1 aliphatic carbocycles. The van der Waals surface area contributed by atoms with E-state index < -0.39 is 10.2 Å². The molecule has 1 aromatic rings. The van der Waals surface area contributed by atoms with Gasteiger partial charge in [0.15, 0.2) is 11.5 Å². The number of fused-ring (bicyclic) bond motifs is 1. The zero-order valence-corrected chi connectivity index (χ0v) is 13.6. The van der Waals surface area contributed by atoms with Crippen LogP contribution in [-0.4, -0.2) is 47.1 Å². The second-order valence-electron chi connectivity index (χ2n) is 5.90. The third-order valence-corrected chi connectivity index (χ3v) is 5.55. The van der Waals surface area contributed by atoms with Crippen molar-refractivity contribution in [3.8, 4) is 11.5 Å². The zero-order chi connectivity index (χ0) is 16.0. The Morgan fingerprint density at radius 3 is 2.74 bits per heavy atom. The van der Waals surface area contributed by atoms with Gasteiger partial charge in [0.25, 0.3) is 0 Å². The first-order valence-electron chi connectivity index (χ1n) is 7.64. The molecular formula is C15H18N2O5S. The second kappa shape index (κ2) is 5.38. The molecule has 8 heteroatoms. The molecule has 4 rings (SSSR count). The Balaban J connectivity index is 1.74. The third-order valence-electron chi connectivity index (χ3n) is 4.18. The monoisotopic (exact) mass is 338 g/mol. The molecule has 0 radical (unpaired) electrons. The van der Waals surface area contributed by atoms with E-state index in [0.29, 0.717) is 30.4 Å². The first-order chi connectivity index (χ1) is 11.1. The molecule has 0 N–H and O–H groups in total. The van der Waals surface area contributed by atoms with Crippen molar-refractivity contribution in [1.29, 1.82) is 0 Å². The molecule has 124 valence electrons. The number of anilines is 1. The average molecular weight is 338 g/mol. The lowest BCUT2D eigenvalue weighted by Gasteiger charge is -2.27. The van der Waals surface area contributed by atoms with Gasteiger partial charge in [-0.15, -0.1) is 0 Å². The van der Waals surface area contributed by atoms with Crippen molar-refractivity contribution >= 4 is 22.1 Å². The van der Waals surface area contributed by atoms with E-state index in [2.05, 4.69) is 4.40 Å². The van der Waals surface area contributed by atoms with Gasteiger partial charge in [-0.2, -0.15) is 12.8 Å². The standard InChI is InChI=1S/C15H18N2O5S/c1-20-14-7-13-10(6-15(14)22-12-4-5-21-9-12)8-16-23(18,19)17(13)11-2-3-11/h6-8,11-12H,2-5,9H2,1H3/t12-/m0/s1. The molecule has 1 saturated carbocycles. The van der Waals surface area contributed by atoms with Crippen LogP contribution >= 0.6 is 0 Å². The number of nitrogens with zero attached hydrogens (tertiary/aromatic N) is 2. The van der Waals surface area contributed by atoms with Crippen LogP contribution in [0.25, 0.3) is 0 Å². The lowest BCUT2D eigenvalue weighted by Crippen LogP contribution is -2.34. The first-order valence-corrected chi connectivity index (χ1v) is 9.04. The summed E-state index contributed by atoms with van der Waals surface area (Å²) in [4.78, 5) is 0. The van der Waals surface area contributed by atoms with Gasteiger partial charge >= 0.3 is 10.2 Å². The van der Waals surface area contributed by atoms with E-state index in [1.807, 2.05) is 0 Å². The summed E-state index contributed by atoms with van der Waals surface area (Å²) in [7, 11) is -2.10. The molecule has 23 heavy (non-hydrogen) atoms. The molecule has 2 aliphatic heterocycles. The van der Waals surface area contributed by atoms with Crippen LogP contribution < -0.4 is 13.8 Å². The van der Waals surface area contributed by atoms with Gasteiger partial charge in [0.1, 0.15) is 6.10 Å². The highest BCUT2D eigenvalue weighted by atomic mass is 32.2. The van der Waals surface area contributed by atoms with Gasteiger partial charge < -0.3 is 14.2 Å². The summed E-state index contributed by atoms with van der Waals surface area (Å²) in [6.07, 6.45) is 3.91. The minimum absolute atomic E-state index is 0.00379. The third kappa shape index (κ3) is 2.66. The van der Waals surface area contributed by atoms with E-state index in [1.54, 1.807) is 19.2 Å². The molecule has 0 unspecified atom stereocenters. The van der Waals surface area contributed by atoms with E-state index >= 15 is 0 Å². The van der Waals surface area contributed by atoms with Gasteiger partial charge in [0, 0.05) is 24.1 Å². The van der Waals surface area contributed by atoms with Crippen molar-refractivity contribution in [1.82, 2.24) is 0 Å². The number of benzene rings is 1. The van der Waals surface area contributed by atoms with Crippen molar-refractivity contribution in [3.63, 3.8) is 0 Å². The summed E-state index contributed by atoms with van der Waals surface area (Å²) in [6.45, 7) is 1.24. The van der Waals surface area contributed by atoms with E-state index in [9.17, 15) is 8.42 Å². The molecule has 1 atom stereocenters. The van der Waals surface area contributed by atoms with Gasteiger partial charge in [-0.1, -0.05) is 0 Å². The minimum atomic E-state index is -3.65. The predicted octanol–water partition coefficient (Wildman–Crippen LogP) is 1.51. The average Bonchev–Trinajstić information content (AvgIpc) is 3.22. The maximum Gasteiger partial charge on any atom is 0.344 e. The molecule has 0 aromatic heterocycles. The number of methoxy groups -OCH3 is 1. The van der Waals surface area contributed by atoms with Crippen LogP contribution in [0, 0.1) is 0 Å². The molecule has 2 fully saturated rings. The topological polar surface area (TPSA) is 77.4 Å². The molecule has 1 aromatic carbocycles. The van der Waals surface area contributed by atoms with Gasteiger partial charge in [-0.25, -0.2) is 4.31 Å². The molecular weight excluding hydrogens is 320 g/mol. The maximum atomic E-state index is 12.2. The van der Waals surface area contributed by atoms with Crippen molar-refractivity contribution in [2.75, 3.05) is 24.6 Å². The summed E-state index contributed by atoms with van der Waals surface area (Å²) in [5.74, 6) is 1.11. The summed E-state index contributed by atoms with van der Waals surface area (Å²) in [5, 5.41) is 0. The number of hydrogen-bond acceptors (Lipinski definition) is 5. The number of rotatable bonds is 4. The van der Waals surface area contributed by atoms with Gasteiger partial charge in [-0.3, -0.25) is 0 Å². The maximum absolute atomic E-state index is 12.2. The van der Waals surface area contributed by atoms with Crippen molar-refractivity contribution in [2.45, 2.75) is 31.4 Å². The minimum Gasteiger partial charge on any atom is -0.493 e. The predicted molar refractivity (Wildman–Crippen MR) is 84.9 cm³/mol. The van der Waals surface area contributed by atoms with Crippen molar-refractivity contribution in [3.05, 3.63) is 17.7 Å². The summed E-state index contributed by atoms with van der Waals surface area (Å²) >= 11 is 0. The summed E-state index contributed by atoms with van der Waals surface area (Å²) < 4.78 is 46.3. The van der Waals surface area contributed by atoms with Crippen LogP contribution in [0.15, 0.2) is 16.5 Å². The highest BCUT2D eigenvalue weighted by Crippen LogP contribution is 2.43. The van der Waals surface area contributed by atoms with Crippen molar-refractivity contribution < 1.29 is 22.6 Å². The quantitative estimate of drug-likeness (QED) is 0.832. The van der Waals surface area contributed by atoms with Crippen LogP contribution in [0.3, 0.4) is 0 Å². The van der Waals surface area contributed by atoms with E-state index in [0.717, 1.165) is 24.8 Å². The van der Waals surface area contributed by atoms with Crippen LogP contribution in [0.4, 0.5) is 5.69 Å². The fraction of sp³-hybridized carbons (Fsp3) is 0.533. The normalized spacial score (nSPS) is 25.3. The number of hydrogen-bond donors (Lipinski definition) is 0. The molecule has 7 nitrogen and oxygen atoms in total. The van der Waals surface area contributed by atoms with E-state index in [4.69, 9.17) is 14.2 Å². The Morgan fingerprint density at radius 2 is 2.09 bits per heavy atom. The molecule has 0 amide bonds. The Hall–Kier alpha value is -1.80. The smallest absolute Gasteiger partial charge is 0.344 e.